The molecular formula is C23H19N5O2. The van der Waals surface area contributed by atoms with Crippen LogP contribution in [0.15, 0.2) is 84.2 Å². The SMILES string of the molecule is O=c1c2cnn(CCOc3ccccc3)c2ncn1Cc1cnc2ccccc2c1. The molecule has 0 bridgehead atoms. The van der Waals surface area contributed by atoms with Gasteiger partial charge in [-0.2, -0.15) is 5.10 Å². The molecule has 7 nitrogen and oxygen atoms in total. The fraction of sp³-hybridized carbons (Fsp3) is 0.130. The first-order valence-corrected chi connectivity index (χ1v) is 9.70. The Morgan fingerprint density at radius 3 is 2.67 bits per heavy atom. The molecule has 3 heterocycles. The molecule has 7 heteroatoms. The van der Waals surface area contributed by atoms with Crippen molar-refractivity contribution in [3.63, 3.8) is 0 Å². The predicted molar refractivity (Wildman–Crippen MR) is 115 cm³/mol. The van der Waals surface area contributed by atoms with Gasteiger partial charge in [0.1, 0.15) is 24.1 Å². The van der Waals surface area contributed by atoms with E-state index in [0.29, 0.717) is 30.7 Å². The Labute approximate surface area is 172 Å². The Balaban J connectivity index is 1.36. The van der Waals surface area contributed by atoms with Crippen LogP contribution in [0.4, 0.5) is 0 Å². The van der Waals surface area contributed by atoms with Crippen LogP contribution < -0.4 is 10.3 Å². The smallest absolute Gasteiger partial charge is 0.264 e. The van der Waals surface area contributed by atoms with Crippen LogP contribution in [0, 0.1) is 0 Å². The van der Waals surface area contributed by atoms with E-state index in [-0.39, 0.29) is 5.56 Å². The molecule has 5 aromatic rings. The van der Waals surface area contributed by atoms with Crippen LogP contribution in [0.5, 0.6) is 5.75 Å². The maximum Gasteiger partial charge on any atom is 0.264 e. The number of fused-ring (bicyclic) bond motifs is 2. The Morgan fingerprint density at radius 2 is 1.77 bits per heavy atom. The molecule has 0 aliphatic heterocycles. The summed E-state index contributed by atoms with van der Waals surface area (Å²) in [5.41, 5.74) is 2.31. The fourth-order valence-electron chi connectivity index (χ4n) is 3.44. The maximum atomic E-state index is 12.9. The highest BCUT2D eigenvalue weighted by molar-refractivity contribution is 5.78. The number of aromatic nitrogens is 5. The number of pyridine rings is 1. The third kappa shape index (κ3) is 3.53. The first-order chi connectivity index (χ1) is 14.8. The van der Waals surface area contributed by atoms with E-state index in [4.69, 9.17) is 4.74 Å². The maximum absolute atomic E-state index is 12.9. The van der Waals surface area contributed by atoms with Gasteiger partial charge in [0.2, 0.25) is 0 Å². The lowest BCUT2D eigenvalue weighted by atomic mass is 10.1. The molecule has 0 aliphatic carbocycles. The predicted octanol–water partition coefficient (Wildman–Crippen LogP) is 3.27. The van der Waals surface area contributed by atoms with Gasteiger partial charge in [-0.15, -0.1) is 0 Å². The van der Waals surface area contributed by atoms with Gasteiger partial charge in [0.05, 0.1) is 24.8 Å². The number of hydrogen-bond acceptors (Lipinski definition) is 5. The molecule has 0 radical (unpaired) electrons. The molecule has 0 spiro atoms. The van der Waals surface area contributed by atoms with Crippen LogP contribution in [0.1, 0.15) is 5.56 Å². The lowest BCUT2D eigenvalue weighted by molar-refractivity contribution is 0.293. The highest BCUT2D eigenvalue weighted by Gasteiger charge is 2.11. The van der Waals surface area contributed by atoms with Crippen molar-refractivity contribution in [1.29, 1.82) is 0 Å². The molecule has 0 amide bonds. The minimum Gasteiger partial charge on any atom is -0.492 e. The third-order valence-corrected chi connectivity index (χ3v) is 4.94. The number of benzene rings is 2. The van der Waals surface area contributed by atoms with Gasteiger partial charge in [0, 0.05) is 11.6 Å². The Kier molecular flexibility index (Phi) is 4.69. The second kappa shape index (κ2) is 7.79. The molecule has 0 fully saturated rings. The molecule has 0 atom stereocenters. The van der Waals surface area contributed by atoms with Gasteiger partial charge < -0.3 is 4.74 Å². The van der Waals surface area contributed by atoms with Crippen LogP contribution in [0.25, 0.3) is 21.9 Å². The van der Waals surface area contributed by atoms with Crippen LogP contribution in [0.3, 0.4) is 0 Å². The fourth-order valence-corrected chi connectivity index (χ4v) is 3.44. The van der Waals surface area contributed by atoms with Crippen molar-refractivity contribution < 1.29 is 4.74 Å². The number of nitrogens with zero attached hydrogens (tertiary/aromatic N) is 5. The monoisotopic (exact) mass is 397 g/mol. The van der Waals surface area contributed by atoms with Crippen molar-refractivity contribution in [2.75, 3.05) is 6.61 Å². The standard InChI is InChI=1S/C23H19N5O2/c29-23-20-14-26-28(10-11-30-19-7-2-1-3-8-19)22(20)25-16-27(23)15-17-12-18-6-4-5-9-21(18)24-13-17/h1-9,12-14,16H,10-11,15H2. The summed E-state index contributed by atoms with van der Waals surface area (Å²) in [6, 6.07) is 19.6. The first kappa shape index (κ1) is 18.1. The van der Waals surface area contributed by atoms with Gasteiger partial charge in [0.15, 0.2) is 5.65 Å². The van der Waals surface area contributed by atoms with Crippen LogP contribution in [0.2, 0.25) is 0 Å². The van der Waals surface area contributed by atoms with Crippen molar-refractivity contribution in [2.45, 2.75) is 13.1 Å². The molecule has 0 saturated carbocycles. The summed E-state index contributed by atoms with van der Waals surface area (Å²) in [5.74, 6) is 0.799. The van der Waals surface area contributed by atoms with E-state index in [1.54, 1.807) is 28.0 Å². The van der Waals surface area contributed by atoms with Crippen molar-refractivity contribution in [3.8, 4) is 5.75 Å². The van der Waals surface area contributed by atoms with Crippen molar-refractivity contribution in [2.24, 2.45) is 0 Å². The summed E-state index contributed by atoms with van der Waals surface area (Å²) in [6.07, 6.45) is 4.93. The van der Waals surface area contributed by atoms with Crippen molar-refractivity contribution in [1.82, 2.24) is 24.3 Å². The molecule has 30 heavy (non-hydrogen) atoms. The lowest BCUT2D eigenvalue weighted by Gasteiger charge is -2.08. The molecule has 0 aliphatic rings. The summed E-state index contributed by atoms with van der Waals surface area (Å²) in [4.78, 5) is 21.9. The zero-order chi connectivity index (χ0) is 20.3. The Hall–Kier alpha value is -4.00. The summed E-state index contributed by atoms with van der Waals surface area (Å²) in [7, 11) is 0. The lowest BCUT2D eigenvalue weighted by Crippen LogP contribution is -2.21. The van der Waals surface area contributed by atoms with E-state index in [1.165, 1.54) is 0 Å². The summed E-state index contributed by atoms with van der Waals surface area (Å²) in [5, 5.41) is 5.86. The summed E-state index contributed by atoms with van der Waals surface area (Å²) in [6.45, 7) is 1.35. The Bertz CT molecular complexity index is 1380. The van der Waals surface area contributed by atoms with E-state index in [2.05, 4.69) is 15.1 Å². The molecular weight excluding hydrogens is 378 g/mol. The number of ether oxygens (including phenoxy) is 1. The molecule has 0 N–H and O–H groups in total. The molecule has 2 aromatic carbocycles. The minimum atomic E-state index is -0.122. The van der Waals surface area contributed by atoms with E-state index in [1.807, 2.05) is 60.7 Å². The highest BCUT2D eigenvalue weighted by Crippen LogP contribution is 2.14. The topological polar surface area (TPSA) is 74.8 Å². The van der Waals surface area contributed by atoms with E-state index in [9.17, 15) is 4.79 Å². The molecule has 0 unspecified atom stereocenters. The summed E-state index contributed by atoms with van der Waals surface area (Å²) >= 11 is 0. The first-order valence-electron chi connectivity index (χ1n) is 9.70. The van der Waals surface area contributed by atoms with Gasteiger partial charge in [-0.25, -0.2) is 9.67 Å². The zero-order valence-electron chi connectivity index (χ0n) is 16.2. The van der Waals surface area contributed by atoms with Crippen LogP contribution in [-0.2, 0) is 13.1 Å². The minimum absolute atomic E-state index is 0.122. The highest BCUT2D eigenvalue weighted by atomic mass is 16.5. The average Bonchev–Trinajstić information content (AvgIpc) is 3.20. The summed E-state index contributed by atoms with van der Waals surface area (Å²) < 4.78 is 9.00. The van der Waals surface area contributed by atoms with E-state index in [0.717, 1.165) is 22.2 Å². The number of rotatable bonds is 6. The normalized spacial score (nSPS) is 11.2. The van der Waals surface area contributed by atoms with Gasteiger partial charge in [-0.05, 0) is 29.8 Å². The van der Waals surface area contributed by atoms with Gasteiger partial charge in [-0.1, -0.05) is 36.4 Å². The average molecular weight is 397 g/mol. The molecule has 148 valence electrons. The van der Waals surface area contributed by atoms with Gasteiger partial charge in [-0.3, -0.25) is 14.3 Å². The quantitative estimate of drug-likeness (QED) is 0.440. The molecule has 0 saturated heterocycles. The number of hydrogen-bond donors (Lipinski definition) is 0. The number of para-hydroxylation sites is 2. The molecule has 5 rings (SSSR count). The van der Waals surface area contributed by atoms with Gasteiger partial charge >= 0.3 is 0 Å². The van der Waals surface area contributed by atoms with Crippen molar-refractivity contribution in [3.05, 3.63) is 95.3 Å². The van der Waals surface area contributed by atoms with Gasteiger partial charge in [0.25, 0.3) is 5.56 Å². The van der Waals surface area contributed by atoms with Crippen LogP contribution in [-0.4, -0.2) is 30.9 Å². The zero-order valence-corrected chi connectivity index (χ0v) is 16.2. The van der Waals surface area contributed by atoms with E-state index < -0.39 is 0 Å². The Morgan fingerprint density at radius 1 is 0.933 bits per heavy atom. The third-order valence-electron chi connectivity index (χ3n) is 4.94. The van der Waals surface area contributed by atoms with Crippen LogP contribution >= 0.6 is 0 Å². The van der Waals surface area contributed by atoms with E-state index >= 15 is 0 Å². The molecule has 3 aromatic heterocycles. The second-order valence-electron chi connectivity index (χ2n) is 6.98. The largest absolute Gasteiger partial charge is 0.492 e. The second-order valence-corrected chi connectivity index (χ2v) is 6.98. The van der Waals surface area contributed by atoms with Crippen molar-refractivity contribution >= 4 is 21.9 Å².